The first-order valence-corrected chi connectivity index (χ1v) is 6.20. The molecule has 5 nitrogen and oxygen atoms in total. The maximum Gasteiger partial charge on any atom is 0.246 e. The Bertz CT molecular complexity index is 483. The number of benzene rings is 1. The molecule has 1 aromatic heterocycles. The van der Waals surface area contributed by atoms with Gasteiger partial charge in [0.15, 0.2) is 0 Å². The molecule has 1 heterocycles. The van der Waals surface area contributed by atoms with Gasteiger partial charge in [0.1, 0.15) is 6.61 Å². The second kappa shape index (κ2) is 7.33. The van der Waals surface area contributed by atoms with Crippen LogP contribution in [-0.2, 0) is 22.6 Å². The van der Waals surface area contributed by atoms with E-state index in [0.717, 1.165) is 17.7 Å². The van der Waals surface area contributed by atoms with E-state index < -0.39 is 0 Å². The number of carbonyl (C=O) groups is 1. The Kier molecular flexibility index (Phi) is 5.13. The number of carbonyl (C=O) groups excluding carboxylic acids is 1. The summed E-state index contributed by atoms with van der Waals surface area (Å²) in [7, 11) is 0. The highest BCUT2D eigenvalue weighted by atomic mass is 16.5. The molecule has 100 valence electrons. The maximum absolute atomic E-state index is 11.5. The van der Waals surface area contributed by atoms with Crippen LogP contribution in [0.4, 0.5) is 0 Å². The number of nitrogens with zero attached hydrogens (tertiary/aromatic N) is 1. The van der Waals surface area contributed by atoms with Crippen molar-refractivity contribution in [2.75, 3.05) is 13.2 Å². The van der Waals surface area contributed by atoms with Gasteiger partial charge < -0.3 is 15.0 Å². The number of aromatic nitrogens is 2. The van der Waals surface area contributed by atoms with Crippen LogP contribution >= 0.6 is 0 Å². The smallest absolute Gasteiger partial charge is 0.246 e. The average Bonchev–Trinajstić information content (AvgIpc) is 2.93. The lowest BCUT2D eigenvalue weighted by Crippen LogP contribution is -2.29. The van der Waals surface area contributed by atoms with Gasteiger partial charge in [0.05, 0.1) is 12.9 Å². The summed E-state index contributed by atoms with van der Waals surface area (Å²) in [6.45, 7) is 1.11. The molecule has 0 spiro atoms. The Hall–Kier alpha value is -2.14. The number of rotatable bonds is 7. The summed E-state index contributed by atoms with van der Waals surface area (Å²) in [5.41, 5.74) is 2.07. The molecule has 0 atom stereocenters. The van der Waals surface area contributed by atoms with Gasteiger partial charge in [0.25, 0.3) is 0 Å². The summed E-state index contributed by atoms with van der Waals surface area (Å²) < 4.78 is 5.34. The monoisotopic (exact) mass is 259 g/mol. The predicted octanol–water partition coefficient (Wildman–Crippen LogP) is 1.29. The number of amides is 1. The van der Waals surface area contributed by atoms with Crippen LogP contribution in [0.25, 0.3) is 0 Å². The maximum atomic E-state index is 11.5. The Morgan fingerprint density at radius 1 is 1.32 bits per heavy atom. The molecule has 2 aromatic rings. The number of H-pyrrole nitrogens is 1. The molecule has 1 amide bonds. The van der Waals surface area contributed by atoms with Crippen molar-refractivity contribution in [2.24, 2.45) is 0 Å². The zero-order chi connectivity index (χ0) is 13.3. The van der Waals surface area contributed by atoms with Crippen molar-refractivity contribution in [3.63, 3.8) is 0 Å². The van der Waals surface area contributed by atoms with Crippen LogP contribution in [-0.4, -0.2) is 29.0 Å². The third kappa shape index (κ3) is 4.93. The van der Waals surface area contributed by atoms with Crippen LogP contribution in [0.3, 0.4) is 0 Å². The van der Waals surface area contributed by atoms with Crippen molar-refractivity contribution in [1.29, 1.82) is 0 Å². The fraction of sp³-hybridized carbons (Fsp3) is 0.286. The predicted molar refractivity (Wildman–Crippen MR) is 71.4 cm³/mol. The highest BCUT2D eigenvalue weighted by molar-refractivity contribution is 5.77. The second-order valence-electron chi connectivity index (χ2n) is 4.16. The molecule has 0 saturated carbocycles. The minimum atomic E-state index is -0.101. The Labute approximate surface area is 112 Å². The molecule has 0 bridgehead atoms. The molecule has 0 saturated heterocycles. The van der Waals surface area contributed by atoms with Gasteiger partial charge in [-0.05, 0) is 5.56 Å². The molecular formula is C14H17N3O2. The van der Waals surface area contributed by atoms with Crippen LogP contribution in [0.5, 0.6) is 0 Å². The normalized spacial score (nSPS) is 10.3. The SMILES string of the molecule is O=C(COCc1ccccc1)NCCc1cnc[nH]1. The van der Waals surface area contributed by atoms with E-state index in [1.807, 2.05) is 30.3 Å². The van der Waals surface area contributed by atoms with Gasteiger partial charge in [-0.15, -0.1) is 0 Å². The molecular weight excluding hydrogens is 242 g/mol. The summed E-state index contributed by atoms with van der Waals surface area (Å²) >= 11 is 0. The molecule has 0 aliphatic heterocycles. The van der Waals surface area contributed by atoms with Crippen LogP contribution in [0, 0.1) is 0 Å². The van der Waals surface area contributed by atoms with Gasteiger partial charge in [-0.3, -0.25) is 4.79 Å². The first kappa shape index (κ1) is 13.3. The minimum Gasteiger partial charge on any atom is -0.367 e. The fourth-order valence-electron chi connectivity index (χ4n) is 1.64. The summed E-state index contributed by atoms with van der Waals surface area (Å²) in [4.78, 5) is 18.4. The van der Waals surface area contributed by atoms with Crippen LogP contribution in [0.1, 0.15) is 11.3 Å². The van der Waals surface area contributed by atoms with Crippen molar-refractivity contribution < 1.29 is 9.53 Å². The Morgan fingerprint density at radius 2 is 2.16 bits per heavy atom. The number of aromatic amines is 1. The molecule has 1 aromatic carbocycles. The topological polar surface area (TPSA) is 67.0 Å². The van der Waals surface area contributed by atoms with Crippen LogP contribution in [0.2, 0.25) is 0 Å². The summed E-state index contributed by atoms with van der Waals surface area (Å²) in [5, 5.41) is 2.80. The highest BCUT2D eigenvalue weighted by Gasteiger charge is 2.01. The molecule has 0 radical (unpaired) electrons. The summed E-state index contributed by atoms with van der Waals surface area (Å²) in [6.07, 6.45) is 4.11. The van der Waals surface area contributed by atoms with E-state index in [4.69, 9.17) is 4.74 Å². The van der Waals surface area contributed by atoms with E-state index in [9.17, 15) is 4.79 Å². The minimum absolute atomic E-state index is 0.0812. The van der Waals surface area contributed by atoms with Gasteiger partial charge in [-0.2, -0.15) is 0 Å². The molecule has 0 fully saturated rings. The molecule has 2 rings (SSSR count). The lowest BCUT2D eigenvalue weighted by molar-refractivity contribution is -0.126. The first-order valence-electron chi connectivity index (χ1n) is 6.20. The number of ether oxygens (including phenoxy) is 1. The van der Waals surface area contributed by atoms with Gasteiger partial charge >= 0.3 is 0 Å². The van der Waals surface area contributed by atoms with Gasteiger partial charge in [0.2, 0.25) is 5.91 Å². The lowest BCUT2D eigenvalue weighted by Gasteiger charge is -2.05. The van der Waals surface area contributed by atoms with Crippen molar-refractivity contribution in [3.8, 4) is 0 Å². The van der Waals surface area contributed by atoms with Gasteiger partial charge in [0, 0.05) is 24.9 Å². The van der Waals surface area contributed by atoms with E-state index >= 15 is 0 Å². The van der Waals surface area contributed by atoms with E-state index in [0.29, 0.717) is 13.2 Å². The molecule has 0 aliphatic rings. The van der Waals surface area contributed by atoms with Gasteiger partial charge in [-0.25, -0.2) is 4.98 Å². The van der Waals surface area contributed by atoms with Crippen LogP contribution < -0.4 is 5.32 Å². The van der Waals surface area contributed by atoms with Gasteiger partial charge in [-0.1, -0.05) is 30.3 Å². The molecule has 5 heteroatoms. The van der Waals surface area contributed by atoms with E-state index in [-0.39, 0.29) is 12.5 Å². The van der Waals surface area contributed by atoms with E-state index in [1.165, 1.54) is 0 Å². The van der Waals surface area contributed by atoms with E-state index in [2.05, 4.69) is 15.3 Å². The average molecular weight is 259 g/mol. The van der Waals surface area contributed by atoms with Crippen molar-refractivity contribution >= 4 is 5.91 Å². The molecule has 2 N–H and O–H groups in total. The zero-order valence-corrected chi connectivity index (χ0v) is 10.6. The summed E-state index contributed by atoms with van der Waals surface area (Å²) in [6, 6.07) is 9.78. The number of imidazole rings is 1. The lowest BCUT2D eigenvalue weighted by atomic mass is 10.2. The third-order valence-corrected chi connectivity index (χ3v) is 2.62. The molecule has 0 unspecified atom stereocenters. The third-order valence-electron chi connectivity index (χ3n) is 2.62. The molecule has 0 aliphatic carbocycles. The fourth-order valence-corrected chi connectivity index (χ4v) is 1.64. The van der Waals surface area contributed by atoms with Crippen molar-refractivity contribution in [2.45, 2.75) is 13.0 Å². The first-order chi connectivity index (χ1) is 9.34. The highest BCUT2D eigenvalue weighted by Crippen LogP contribution is 1.99. The van der Waals surface area contributed by atoms with Crippen molar-refractivity contribution in [1.82, 2.24) is 15.3 Å². The Balaban J connectivity index is 1.57. The summed E-state index contributed by atoms with van der Waals surface area (Å²) in [5.74, 6) is -0.101. The number of nitrogens with one attached hydrogen (secondary N) is 2. The Morgan fingerprint density at radius 3 is 2.89 bits per heavy atom. The second-order valence-corrected chi connectivity index (χ2v) is 4.16. The standard InChI is InChI=1S/C14H17N3O2/c18-14(16-7-6-13-8-15-11-17-13)10-19-9-12-4-2-1-3-5-12/h1-5,8,11H,6-7,9-10H2,(H,15,17)(H,16,18). The van der Waals surface area contributed by atoms with E-state index in [1.54, 1.807) is 12.5 Å². The number of hydrogen-bond acceptors (Lipinski definition) is 3. The van der Waals surface area contributed by atoms with Crippen LogP contribution in [0.15, 0.2) is 42.9 Å². The molecule has 19 heavy (non-hydrogen) atoms. The zero-order valence-electron chi connectivity index (χ0n) is 10.6. The van der Waals surface area contributed by atoms with Crippen molar-refractivity contribution in [3.05, 3.63) is 54.1 Å². The quantitative estimate of drug-likeness (QED) is 0.787. The number of hydrogen-bond donors (Lipinski definition) is 2. The largest absolute Gasteiger partial charge is 0.367 e.